The summed E-state index contributed by atoms with van der Waals surface area (Å²) in [5.74, 6) is -0.334. The van der Waals surface area contributed by atoms with Crippen LogP contribution in [-0.2, 0) is 11.2 Å². The number of carbonyl (C=O) groups is 2. The number of nitrogens with one attached hydrogen (secondary N) is 1. The molecular formula is C17H19N3O2S. The zero-order chi connectivity index (χ0) is 16.8. The van der Waals surface area contributed by atoms with Crippen LogP contribution < -0.4 is 5.32 Å². The Labute approximate surface area is 139 Å². The molecule has 6 heteroatoms. The van der Waals surface area contributed by atoms with Crippen LogP contribution >= 0.6 is 11.3 Å². The molecule has 2 amide bonds. The van der Waals surface area contributed by atoms with E-state index in [1.165, 1.54) is 6.08 Å². The first-order valence-corrected chi connectivity index (χ1v) is 8.07. The number of thiazole rings is 1. The summed E-state index contributed by atoms with van der Waals surface area (Å²) in [4.78, 5) is 29.7. The summed E-state index contributed by atoms with van der Waals surface area (Å²) < 4.78 is 0. The Morgan fingerprint density at radius 3 is 2.61 bits per heavy atom. The summed E-state index contributed by atoms with van der Waals surface area (Å²) in [6, 6.07) is 6.80. The highest BCUT2D eigenvalue weighted by molar-refractivity contribution is 7.09. The smallest absolute Gasteiger partial charge is 0.253 e. The zero-order valence-corrected chi connectivity index (χ0v) is 14.0. The summed E-state index contributed by atoms with van der Waals surface area (Å²) in [7, 11) is 1.77. The SMILES string of the molecule is C=CC(=O)Nc1ccc(C(=O)N(C)CCc2nc(C)cs2)cc1. The van der Waals surface area contributed by atoms with Crippen molar-refractivity contribution in [3.63, 3.8) is 0 Å². The number of hydrogen-bond donors (Lipinski definition) is 1. The molecule has 1 heterocycles. The van der Waals surface area contributed by atoms with E-state index in [2.05, 4.69) is 16.9 Å². The van der Waals surface area contributed by atoms with Gasteiger partial charge in [-0.3, -0.25) is 9.59 Å². The molecule has 2 aromatic rings. The van der Waals surface area contributed by atoms with Gasteiger partial charge in [0.2, 0.25) is 5.91 Å². The Kier molecular flexibility index (Phi) is 5.65. The number of rotatable bonds is 6. The average Bonchev–Trinajstić information content (AvgIpc) is 2.98. The van der Waals surface area contributed by atoms with Crippen molar-refractivity contribution in [2.24, 2.45) is 0 Å². The highest BCUT2D eigenvalue weighted by atomic mass is 32.1. The standard InChI is InChI=1S/C17H19N3O2S/c1-4-15(21)19-14-7-5-13(6-8-14)17(22)20(3)10-9-16-18-12(2)11-23-16/h4-8,11H,1,9-10H2,2-3H3,(H,19,21). The average molecular weight is 329 g/mol. The van der Waals surface area contributed by atoms with Gasteiger partial charge in [-0.25, -0.2) is 4.98 Å². The summed E-state index contributed by atoms with van der Waals surface area (Å²) in [6.45, 7) is 5.97. The molecule has 0 aliphatic rings. The first-order chi connectivity index (χ1) is 11.0. The fraction of sp³-hybridized carbons (Fsp3) is 0.235. The van der Waals surface area contributed by atoms with E-state index in [4.69, 9.17) is 0 Å². The minimum absolute atomic E-state index is 0.0557. The lowest BCUT2D eigenvalue weighted by Gasteiger charge is -2.16. The van der Waals surface area contributed by atoms with Crippen LogP contribution in [0.5, 0.6) is 0 Å². The van der Waals surface area contributed by atoms with Gasteiger partial charge in [0.1, 0.15) is 0 Å². The molecule has 0 saturated carbocycles. The molecule has 0 bridgehead atoms. The number of nitrogens with zero attached hydrogens (tertiary/aromatic N) is 2. The van der Waals surface area contributed by atoms with Crippen molar-refractivity contribution in [3.05, 3.63) is 58.6 Å². The predicted molar refractivity (Wildman–Crippen MR) is 92.8 cm³/mol. The number of benzene rings is 1. The van der Waals surface area contributed by atoms with Crippen LogP contribution in [0, 0.1) is 6.92 Å². The van der Waals surface area contributed by atoms with E-state index in [0.717, 1.165) is 17.1 Å². The summed E-state index contributed by atoms with van der Waals surface area (Å²) in [5, 5.41) is 5.69. The van der Waals surface area contributed by atoms with Crippen molar-refractivity contribution < 1.29 is 9.59 Å². The van der Waals surface area contributed by atoms with Gasteiger partial charge in [0.05, 0.1) is 5.01 Å². The Morgan fingerprint density at radius 1 is 1.35 bits per heavy atom. The second kappa shape index (κ2) is 7.69. The van der Waals surface area contributed by atoms with Crippen molar-refractivity contribution in [1.29, 1.82) is 0 Å². The third kappa shape index (κ3) is 4.75. The number of anilines is 1. The van der Waals surface area contributed by atoms with Gasteiger partial charge in [0.15, 0.2) is 0 Å². The molecule has 0 unspecified atom stereocenters. The molecule has 0 radical (unpaired) electrons. The number of aryl methyl sites for hydroxylation is 1. The van der Waals surface area contributed by atoms with Gasteiger partial charge in [0.25, 0.3) is 5.91 Å². The van der Waals surface area contributed by atoms with E-state index >= 15 is 0 Å². The van der Waals surface area contributed by atoms with Crippen LogP contribution in [0.25, 0.3) is 0 Å². The monoisotopic (exact) mass is 329 g/mol. The second-order valence-corrected chi connectivity index (χ2v) is 6.07. The molecule has 23 heavy (non-hydrogen) atoms. The Balaban J connectivity index is 1.93. The topological polar surface area (TPSA) is 62.3 Å². The minimum atomic E-state index is -0.278. The lowest BCUT2D eigenvalue weighted by Crippen LogP contribution is -2.28. The van der Waals surface area contributed by atoms with Gasteiger partial charge in [-0.2, -0.15) is 0 Å². The number of likely N-dealkylation sites (N-methyl/N-ethyl adjacent to an activating group) is 1. The highest BCUT2D eigenvalue weighted by Crippen LogP contribution is 2.13. The van der Waals surface area contributed by atoms with E-state index in [1.54, 1.807) is 47.5 Å². The number of carbonyl (C=O) groups excluding carboxylic acids is 2. The third-order valence-electron chi connectivity index (χ3n) is 3.26. The summed E-state index contributed by atoms with van der Waals surface area (Å²) in [5.41, 5.74) is 2.22. The fourth-order valence-electron chi connectivity index (χ4n) is 1.99. The van der Waals surface area contributed by atoms with E-state index in [-0.39, 0.29) is 11.8 Å². The molecule has 1 N–H and O–H groups in total. The molecule has 5 nitrogen and oxygen atoms in total. The Hall–Kier alpha value is -2.47. The van der Waals surface area contributed by atoms with E-state index < -0.39 is 0 Å². The van der Waals surface area contributed by atoms with Crippen LogP contribution in [0.4, 0.5) is 5.69 Å². The Morgan fingerprint density at radius 2 is 2.04 bits per heavy atom. The third-order valence-corrected chi connectivity index (χ3v) is 4.29. The maximum Gasteiger partial charge on any atom is 0.253 e. The van der Waals surface area contributed by atoms with Crippen LogP contribution in [0.2, 0.25) is 0 Å². The van der Waals surface area contributed by atoms with Gasteiger partial charge in [-0.1, -0.05) is 6.58 Å². The van der Waals surface area contributed by atoms with Crippen molar-refractivity contribution in [2.45, 2.75) is 13.3 Å². The summed E-state index contributed by atoms with van der Waals surface area (Å²) >= 11 is 1.61. The first kappa shape index (κ1) is 16.9. The van der Waals surface area contributed by atoms with Crippen molar-refractivity contribution >= 4 is 28.8 Å². The van der Waals surface area contributed by atoms with Crippen LogP contribution in [0.15, 0.2) is 42.3 Å². The van der Waals surface area contributed by atoms with E-state index in [9.17, 15) is 9.59 Å². The normalized spacial score (nSPS) is 10.2. The molecule has 120 valence electrons. The fourth-order valence-corrected chi connectivity index (χ4v) is 2.76. The van der Waals surface area contributed by atoms with Gasteiger partial charge < -0.3 is 10.2 Å². The quantitative estimate of drug-likeness (QED) is 0.829. The predicted octanol–water partition coefficient (Wildman–Crippen LogP) is 2.89. The van der Waals surface area contributed by atoms with Gasteiger partial charge in [-0.15, -0.1) is 11.3 Å². The molecule has 0 aliphatic heterocycles. The number of aromatic nitrogens is 1. The van der Waals surface area contributed by atoms with E-state index in [0.29, 0.717) is 17.8 Å². The molecule has 0 saturated heterocycles. The first-order valence-electron chi connectivity index (χ1n) is 7.19. The molecule has 0 fully saturated rings. The zero-order valence-electron chi connectivity index (χ0n) is 13.2. The lowest BCUT2D eigenvalue weighted by molar-refractivity contribution is -0.111. The minimum Gasteiger partial charge on any atom is -0.341 e. The number of hydrogen-bond acceptors (Lipinski definition) is 4. The van der Waals surface area contributed by atoms with Crippen LogP contribution in [0.3, 0.4) is 0 Å². The van der Waals surface area contributed by atoms with Crippen LogP contribution in [-0.4, -0.2) is 35.3 Å². The molecule has 0 spiro atoms. The van der Waals surface area contributed by atoms with Gasteiger partial charge in [-0.05, 0) is 37.3 Å². The number of amides is 2. The summed E-state index contributed by atoms with van der Waals surface area (Å²) in [6.07, 6.45) is 1.95. The molecule has 1 aromatic heterocycles. The Bertz CT molecular complexity index is 707. The highest BCUT2D eigenvalue weighted by Gasteiger charge is 2.12. The van der Waals surface area contributed by atoms with E-state index in [1.807, 2.05) is 12.3 Å². The molecule has 2 rings (SSSR count). The molecule has 1 aromatic carbocycles. The molecule has 0 atom stereocenters. The van der Waals surface area contributed by atoms with Gasteiger partial charge >= 0.3 is 0 Å². The lowest BCUT2D eigenvalue weighted by atomic mass is 10.2. The maximum atomic E-state index is 12.4. The largest absolute Gasteiger partial charge is 0.341 e. The molecule has 0 aliphatic carbocycles. The van der Waals surface area contributed by atoms with Crippen LogP contribution in [0.1, 0.15) is 21.1 Å². The van der Waals surface area contributed by atoms with Crippen molar-refractivity contribution in [3.8, 4) is 0 Å². The molecular weight excluding hydrogens is 310 g/mol. The van der Waals surface area contributed by atoms with Crippen molar-refractivity contribution in [2.75, 3.05) is 18.9 Å². The second-order valence-electron chi connectivity index (χ2n) is 5.13. The maximum absolute atomic E-state index is 12.4. The van der Waals surface area contributed by atoms with Crippen molar-refractivity contribution in [1.82, 2.24) is 9.88 Å². The van der Waals surface area contributed by atoms with Gasteiger partial charge in [0, 0.05) is 42.3 Å².